The first-order valence-corrected chi connectivity index (χ1v) is 15.6. The van der Waals surface area contributed by atoms with E-state index in [1.54, 1.807) is 24.3 Å². The average Bonchev–Trinajstić information content (AvgIpc) is 3.46. The van der Waals surface area contributed by atoms with Crippen LogP contribution >= 0.6 is 11.6 Å². The number of rotatable bonds is 6. The van der Waals surface area contributed by atoms with Gasteiger partial charge in [0.05, 0.1) is 27.6 Å². The molecule has 4 aromatic rings. The summed E-state index contributed by atoms with van der Waals surface area (Å²) in [5.74, 6) is -2.64. The van der Waals surface area contributed by atoms with Gasteiger partial charge in [-0.2, -0.15) is 0 Å². The number of hydrogen-bond acceptors (Lipinski definition) is 9. The lowest BCUT2D eigenvalue weighted by Crippen LogP contribution is -2.42. The van der Waals surface area contributed by atoms with Gasteiger partial charge in [-0.3, -0.25) is 0 Å². The van der Waals surface area contributed by atoms with Crippen LogP contribution in [0.5, 0.6) is 5.88 Å². The van der Waals surface area contributed by atoms with E-state index in [0.717, 1.165) is 0 Å². The van der Waals surface area contributed by atoms with Gasteiger partial charge >= 0.3 is 5.97 Å². The number of hydrogen-bond donors (Lipinski definition) is 1. The second-order valence-corrected chi connectivity index (χ2v) is 14.3. The maximum absolute atomic E-state index is 16.6. The molecule has 1 N–H and O–H groups in total. The largest absolute Gasteiger partial charge is 0.480 e. The molecule has 5 heterocycles. The number of aromatic nitrogens is 3. The van der Waals surface area contributed by atoms with E-state index in [2.05, 4.69) is 15.0 Å². The van der Waals surface area contributed by atoms with E-state index in [-0.39, 0.29) is 64.9 Å². The standard InChI is InChI=1S/C28H24ClF3N4O6S/c29-14-9-17(28(32)7-8-43(39,40)27(13-28)5-6-27)25(33-11-14)41-15-10-18(26(37)38)36(12-15)24-21-20(34-23(35-24)22(30)31)16-3-1-2-4-19(16)42-21/h1-4,9,11,15,18,22H,5-8,10,12-13H2,(H,37,38)/t15-,18-,28+/m0/s1. The average molecular weight is 637 g/mol. The first-order valence-electron chi connectivity index (χ1n) is 13.6. The van der Waals surface area contributed by atoms with Crippen LogP contribution in [0.1, 0.15) is 49.9 Å². The molecule has 2 aliphatic heterocycles. The van der Waals surface area contributed by atoms with Crippen LogP contribution in [-0.4, -0.2) is 63.6 Å². The minimum atomic E-state index is -3.45. The van der Waals surface area contributed by atoms with Crippen LogP contribution in [0, 0.1) is 0 Å². The first kappa shape index (κ1) is 28.1. The van der Waals surface area contributed by atoms with Crippen LogP contribution in [0.4, 0.5) is 19.0 Å². The van der Waals surface area contributed by atoms with E-state index in [1.165, 1.54) is 17.2 Å². The summed E-state index contributed by atoms with van der Waals surface area (Å²) in [6.45, 7) is -0.135. The topological polar surface area (TPSA) is 136 Å². The van der Waals surface area contributed by atoms with Crippen molar-refractivity contribution in [3.63, 3.8) is 0 Å². The number of carboxylic acids is 1. The Hall–Kier alpha value is -3.65. The molecule has 0 radical (unpaired) electrons. The molecule has 1 saturated carbocycles. The molecule has 0 amide bonds. The van der Waals surface area contributed by atoms with Crippen LogP contribution in [0.15, 0.2) is 40.9 Å². The minimum Gasteiger partial charge on any atom is -0.480 e. The number of anilines is 1. The molecule has 15 heteroatoms. The molecular weight excluding hydrogens is 613 g/mol. The summed E-state index contributed by atoms with van der Waals surface area (Å²) in [7, 11) is -3.45. The van der Waals surface area contributed by atoms with Crippen LogP contribution < -0.4 is 9.64 Å². The third-order valence-electron chi connectivity index (χ3n) is 8.65. The molecule has 3 atom stereocenters. The summed E-state index contributed by atoms with van der Waals surface area (Å²) in [5.41, 5.74) is -1.56. The fourth-order valence-corrected chi connectivity index (χ4v) is 8.67. The Balaban J connectivity index is 1.25. The van der Waals surface area contributed by atoms with Gasteiger partial charge in [-0.05, 0) is 37.5 Å². The molecule has 0 unspecified atom stereocenters. The van der Waals surface area contributed by atoms with E-state index in [0.29, 0.717) is 23.8 Å². The van der Waals surface area contributed by atoms with E-state index in [1.807, 2.05) is 0 Å². The smallest absolute Gasteiger partial charge is 0.326 e. The number of halogens is 4. The zero-order valence-electron chi connectivity index (χ0n) is 22.3. The molecule has 1 spiro atoms. The van der Waals surface area contributed by atoms with Crippen molar-refractivity contribution in [2.24, 2.45) is 0 Å². The summed E-state index contributed by atoms with van der Waals surface area (Å²) >= 11 is 6.18. The number of nitrogens with zero attached hydrogens (tertiary/aromatic N) is 4. The Morgan fingerprint density at radius 1 is 1.21 bits per heavy atom. The minimum absolute atomic E-state index is 0.00630. The van der Waals surface area contributed by atoms with Crippen molar-refractivity contribution < 1.29 is 40.6 Å². The Morgan fingerprint density at radius 2 is 1.98 bits per heavy atom. The van der Waals surface area contributed by atoms with Crippen LogP contribution in [-0.2, 0) is 20.3 Å². The van der Waals surface area contributed by atoms with Crippen molar-refractivity contribution in [3.8, 4) is 5.88 Å². The number of alkyl halides is 3. The molecule has 10 nitrogen and oxygen atoms in total. The van der Waals surface area contributed by atoms with E-state index >= 15 is 4.39 Å². The zero-order valence-corrected chi connectivity index (χ0v) is 23.9. The monoisotopic (exact) mass is 636 g/mol. The summed E-state index contributed by atoms with van der Waals surface area (Å²) in [6.07, 6.45) is -2.59. The maximum Gasteiger partial charge on any atom is 0.326 e. The van der Waals surface area contributed by atoms with E-state index in [4.69, 9.17) is 20.8 Å². The summed E-state index contributed by atoms with van der Waals surface area (Å²) in [6, 6.07) is 6.79. The first-order chi connectivity index (χ1) is 20.4. The number of carboxylic acid groups (broad SMARTS) is 1. The van der Waals surface area contributed by atoms with E-state index in [9.17, 15) is 27.1 Å². The Labute approximate surface area is 247 Å². The SMILES string of the molecule is O=C(O)[C@@H]1C[C@H](Oc2ncc(Cl)cc2[C@@]2(F)CCS(=O)(=O)C3(CC3)C2)CN1c1nc(C(F)F)nc2c1oc1ccccc12. The van der Waals surface area contributed by atoms with Gasteiger partial charge in [0.2, 0.25) is 5.88 Å². The highest BCUT2D eigenvalue weighted by atomic mass is 35.5. The molecule has 1 aliphatic carbocycles. The van der Waals surface area contributed by atoms with Crippen LogP contribution in [0.25, 0.3) is 22.1 Å². The molecule has 226 valence electrons. The zero-order chi connectivity index (χ0) is 30.3. The normalized spacial score (nSPS) is 26.0. The molecule has 0 bridgehead atoms. The van der Waals surface area contributed by atoms with Gasteiger partial charge in [-0.25, -0.2) is 41.3 Å². The highest BCUT2D eigenvalue weighted by Crippen LogP contribution is 2.58. The Kier molecular flexibility index (Phi) is 6.33. The van der Waals surface area contributed by atoms with Crippen molar-refractivity contribution in [1.82, 2.24) is 15.0 Å². The second kappa shape index (κ2) is 9.68. The maximum atomic E-state index is 16.6. The highest BCUT2D eigenvalue weighted by Gasteiger charge is 2.62. The molecule has 1 aromatic carbocycles. The number of aliphatic carboxylic acids is 1. The fraction of sp³-hybridized carbons (Fsp3) is 0.429. The number of sulfone groups is 1. The number of pyridine rings is 1. The Morgan fingerprint density at radius 3 is 2.70 bits per heavy atom. The molecule has 3 aliphatic rings. The lowest BCUT2D eigenvalue weighted by atomic mass is 9.87. The van der Waals surface area contributed by atoms with Gasteiger partial charge in [-0.1, -0.05) is 23.7 Å². The van der Waals surface area contributed by atoms with E-state index < -0.39 is 50.6 Å². The van der Waals surface area contributed by atoms with Gasteiger partial charge in [0.1, 0.15) is 28.9 Å². The number of fused-ring (bicyclic) bond motifs is 3. The van der Waals surface area contributed by atoms with Crippen molar-refractivity contribution >= 4 is 55.3 Å². The number of furan rings is 1. The summed E-state index contributed by atoms with van der Waals surface area (Å²) < 4.78 is 80.5. The summed E-state index contributed by atoms with van der Waals surface area (Å²) in [5, 5.41) is 10.7. The molecular formula is C28H24ClF3N4O6S. The number of ether oxygens (including phenoxy) is 1. The highest BCUT2D eigenvalue weighted by molar-refractivity contribution is 7.93. The predicted octanol–water partition coefficient (Wildman–Crippen LogP) is 5.38. The third-order valence-corrected chi connectivity index (χ3v) is 11.5. The van der Waals surface area contributed by atoms with Gasteiger partial charge in [0.25, 0.3) is 6.43 Å². The fourth-order valence-electron chi connectivity index (χ4n) is 6.31. The number of carbonyl (C=O) groups is 1. The Bertz CT molecular complexity index is 1900. The van der Waals surface area contributed by atoms with Gasteiger partial charge in [0, 0.05) is 24.4 Å². The predicted molar refractivity (Wildman–Crippen MR) is 149 cm³/mol. The van der Waals surface area contributed by atoms with Crippen molar-refractivity contribution in [3.05, 3.63) is 52.9 Å². The van der Waals surface area contributed by atoms with Gasteiger partial charge in [-0.15, -0.1) is 0 Å². The van der Waals surface area contributed by atoms with Gasteiger partial charge < -0.3 is 19.2 Å². The van der Waals surface area contributed by atoms with Crippen molar-refractivity contribution in [2.45, 2.75) is 61.1 Å². The van der Waals surface area contributed by atoms with Gasteiger partial charge in [0.15, 0.2) is 27.1 Å². The molecule has 43 heavy (non-hydrogen) atoms. The van der Waals surface area contributed by atoms with Crippen molar-refractivity contribution in [1.29, 1.82) is 0 Å². The third kappa shape index (κ3) is 4.57. The van der Waals surface area contributed by atoms with Crippen molar-refractivity contribution in [2.75, 3.05) is 17.2 Å². The summed E-state index contributed by atoms with van der Waals surface area (Å²) in [4.78, 5) is 25.9. The molecule has 3 fully saturated rings. The number of benzene rings is 1. The quantitative estimate of drug-likeness (QED) is 0.294. The molecule has 3 aromatic heterocycles. The van der Waals surface area contributed by atoms with Crippen LogP contribution in [0.3, 0.4) is 0 Å². The lowest BCUT2D eigenvalue weighted by Gasteiger charge is -2.36. The number of para-hydroxylation sites is 1. The lowest BCUT2D eigenvalue weighted by molar-refractivity contribution is -0.138. The van der Waals surface area contributed by atoms with Crippen LogP contribution in [0.2, 0.25) is 5.02 Å². The molecule has 7 rings (SSSR count). The second-order valence-electron chi connectivity index (χ2n) is 11.4. The molecule has 2 saturated heterocycles.